The van der Waals surface area contributed by atoms with E-state index < -0.39 is 0 Å². The predicted molar refractivity (Wildman–Crippen MR) is 64.8 cm³/mol. The summed E-state index contributed by atoms with van der Waals surface area (Å²) in [6, 6.07) is 0.504. The van der Waals surface area contributed by atoms with E-state index in [4.69, 9.17) is 5.73 Å². The Kier molecular flexibility index (Phi) is 4.04. The molecule has 2 fully saturated rings. The minimum Gasteiger partial charge on any atom is -0.328 e. The lowest BCUT2D eigenvalue weighted by Gasteiger charge is -2.20. The number of hydrogen-bond acceptors (Lipinski definition) is 2. The van der Waals surface area contributed by atoms with E-state index in [1.807, 2.05) is 0 Å². The zero-order chi connectivity index (χ0) is 10.7. The molecule has 1 aliphatic carbocycles. The van der Waals surface area contributed by atoms with Crippen LogP contribution in [0.3, 0.4) is 0 Å². The average molecular weight is 210 g/mol. The Bertz CT molecular complexity index is 193. The van der Waals surface area contributed by atoms with Crippen LogP contribution in [0.4, 0.5) is 0 Å². The SMILES string of the molecule is CCCC1CCN(CC2CCC(N)C2)C1. The number of nitrogens with two attached hydrogens (primary N) is 1. The molecule has 2 rings (SSSR count). The summed E-state index contributed by atoms with van der Waals surface area (Å²) >= 11 is 0. The minimum absolute atomic E-state index is 0.504. The highest BCUT2D eigenvalue weighted by atomic mass is 15.1. The van der Waals surface area contributed by atoms with Gasteiger partial charge in [-0.1, -0.05) is 13.3 Å². The van der Waals surface area contributed by atoms with E-state index in [0.29, 0.717) is 6.04 Å². The van der Waals surface area contributed by atoms with Gasteiger partial charge in [-0.2, -0.15) is 0 Å². The second-order valence-electron chi connectivity index (χ2n) is 5.64. The van der Waals surface area contributed by atoms with Gasteiger partial charge in [0.25, 0.3) is 0 Å². The van der Waals surface area contributed by atoms with Crippen LogP contribution < -0.4 is 5.73 Å². The molecule has 88 valence electrons. The maximum atomic E-state index is 5.96. The van der Waals surface area contributed by atoms with Crippen LogP contribution in [-0.4, -0.2) is 30.6 Å². The first-order valence-electron chi connectivity index (χ1n) is 6.76. The molecule has 3 atom stereocenters. The Morgan fingerprint density at radius 2 is 2.07 bits per heavy atom. The molecule has 1 saturated carbocycles. The van der Waals surface area contributed by atoms with Crippen molar-refractivity contribution in [1.29, 1.82) is 0 Å². The van der Waals surface area contributed by atoms with E-state index in [2.05, 4.69) is 11.8 Å². The maximum Gasteiger partial charge on any atom is 0.00420 e. The van der Waals surface area contributed by atoms with Gasteiger partial charge in [0.2, 0.25) is 0 Å². The Morgan fingerprint density at radius 1 is 1.20 bits per heavy atom. The monoisotopic (exact) mass is 210 g/mol. The molecule has 0 spiro atoms. The Labute approximate surface area is 94.2 Å². The maximum absolute atomic E-state index is 5.96. The molecule has 0 aromatic heterocycles. The van der Waals surface area contributed by atoms with Crippen molar-refractivity contribution in [2.24, 2.45) is 17.6 Å². The first kappa shape index (κ1) is 11.4. The molecular weight excluding hydrogens is 184 g/mol. The topological polar surface area (TPSA) is 29.3 Å². The lowest BCUT2D eigenvalue weighted by atomic mass is 10.0. The van der Waals surface area contributed by atoms with Crippen LogP contribution >= 0.6 is 0 Å². The third-order valence-electron chi connectivity index (χ3n) is 4.17. The van der Waals surface area contributed by atoms with Gasteiger partial charge in [-0.25, -0.2) is 0 Å². The zero-order valence-electron chi connectivity index (χ0n) is 10.1. The third-order valence-corrected chi connectivity index (χ3v) is 4.17. The molecule has 0 bridgehead atoms. The van der Waals surface area contributed by atoms with Crippen LogP contribution in [0.15, 0.2) is 0 Å². The summed E-state index contributed by atoms with van der Waals surface area (Å²) in [6.07, 6.45) is 8.13. The van der Waals surface area contributed by atoms with Gasteiger partial charge in [0.05, 0.1) is 0 Å². The first-order valence-corrected chi connectivity index (χ1v) is 6.76. The molecule has 3 unspecified atom stereocenters. The van der Waals surface area contributed by atoms with E-state index in [9.17, 15) is 0 Å². The van der Waals surface area contributed by atoms with Gasteiger partial charge in [0.1, 0.15) is 0 Å². The van der Waals surface area contributed by atoms with E-state index in [1.165, 1.54) is 58.2 Å². The third kappa shape index (κ3) is 3.18. The number of likely N-dealkylation sites (tertiary alicyclic amines) is 1. The number of rotatable bonds is 4. The van der Waals surface area contributed by atoms with Gasteiger partial charge in [-0.3, -0.25) is 0 Å². The number of hydrogen-bond donors (Lipinski definition) is 1. The van der Waals surface area contributed by atoms with Gasteiger partial charge < -0.3 is 10.6 Å². The Balaban J connectivity index is 1.68. The molecule has 1 aliphatic heterocycles. The van der Waals surface area contributed by atoms with Gasteiger partial charge in [-0.05, 0) is 50.5 Å². The lowest BCUT2D eigenvalue weighted by Crippen LogP contribution is -2.27. The van der Waals surface area contributed by atoms with Crippen molar-refractivity contribution in [2.75, 3.05) is 19.6 Å². The van der Waals surface area contributed by atoms with Crippen LogP contribution in [0.2, 0.25) is 0 Å². The molecule has 1 saturated heterocycles. The molecular formula is C13H26N2. The molecule has 15 heavy (non-hydrogen) atoms. The molecule has 1 heterocycles. The van der Waals surface area contributed by atoms with Gasteiger partial charge in [0, 0.05) is 19.1 Å². The molecule has 0 radical (unpaired) electrons. The molecule has 0 amide bonds. The average Bonchev–Trinajstić information content (AvgIpc) is 2.78. The van der Waals surface area contributed by atoms with E-state index in [1.54, 1.807) is 0 Å². The minimum atomic E-state index is 0.504. The summed E-state index contributed by atoms with van der Waals surface area (Å²) in [5, 5.41) is 0. The van der Waals surface area contributed by atoms with Crippen molar-refractivity contribution in [1.82, 2.24) is 4.90 Å². The summed E-state index contributed by atoms with van der Waals surface area (Å²) in [6.45, 7) is 6.34. The van der Waals surface area contributed by atoms with Crippen molar-refractivity contribution >= 4 is 0 Å². The second-order valence-corrected chi connectivity index (χ2v) is 5.64. The summed E-state index contributed by atoms with van der Waals surface area (Å²) in [5.41, 5.74) is 5.96. The highest BCUT2D eigenvalue weighted by molar-refractivity contribution is 4.83. The largest absolute Gasteiger partial charge is 0.328 e. The molecule has 0 aromatic carbocycles. The Hall–Kier alpha value is -0.0800. The van der Waals surface area contributed by atoms with Crippen LogP contribution in [0.5, 0.6) is 0 Å². The first-order chi connectivity index (χ1) is 7.28. The fourth-order valence-corrected chi connectivity index (χ4v) is 3.37. The van der Waals surface area contributed by atoms with Gasteiger partial charge in [-0.15, -0.1) is 0 Å². The zero-order valence-corrected chi connectivity index (χ0v) is 10.1. The summed E-state index contributed by atoms with van der Waals surface area (Å²) in [7, 11) is 0. The second kappa shape index (κ2) is 5.31. The summed E-state index contributed by atoms with van der Waals surface area (Å²) in [5.74, 6) is 1.89. The Morgan fingerprint density at radius 3 is 2.73 bits per heavy atom. The fraction of sp³-hybridized carbons (Fsp3) is 1.00. The van der Waals surface area contributed by atoms with Crippen molar-refractivity contribution in [3.63, 3.8) is 0 Å². The molecule has 2 nitrogen and oxygen atoms in total. The molecule has 2 heteroatoms. The highest BCUT2D eigenvalue weighted by Gasteiger charge is 2.27. The van der Waals surface area contributed by atoms with Crippen LogP contribution in [0.25, 0.3) is 0 Å². The normalized spacial score (nSPS) is 37.6. The molecule has 2 N–H and O–H groups in total. The van der Waals surface area contributed by atoms with Crippen LogP contribution in [0.1, 0.15) is 45.4 Å². The van der Waals surface area contributed by atoms with Gasteiger partial charge >= 0.3 is 0 Å². The van der Waals surface area contributed by atoms with E-state index >= 15 is 0 Å². The highest BCUT2D eigenvalue weighted by Crippen LogP contribution is 2.28. The van der Waals surface area contributed by atoms with Gasteiger partial charge in [0.15, 0.2) is 0 Å². The van der Waals surface area contributed by atoms with Crippen molar-refractivity contribution in [2.45, 2.75) is 51.5 Å². The van der Waals surface area contributed by atoms with Crippen molar-refractivity contribution < 1.29 is 0 Å². The molecule has 2 aliphatic rings. The number of nitrogens with zero attached hydrogens (tertiary/aromatic N) is 1. The fourth-order valence-electron chi connectivity index (χ4n) is 3.37. The van der Waals surface area contributed by atoms with E-state index in [-0.39, 0.29) is 0 Å². The smallest absolute Gasteiger partial charge is 0.00420 e. The van der Waals surface area contributed by atoms with Crippen molar-refractivity contribution in [3.05, 3.63) is 0 Å². The predicted octanol–water partition coefficient (Wildman–Crippen LogP) is 2.24. The van der Waals surface area contributed by atoms with Crippen LogP contribution in [0, 0.1) is 11.8 Å². The standard InChI is InChI=1S/C13H26N2/c1-2-3-11-6-7-15(9-11)10-12-4-5-13(14)8-12/h11-13H,2-10,14H2,1H3. The van der Waals surface area contributed by atoms with Crippen molar-refractivity contribution in [3.8, 4) is 0 Å². The summed E-state index contributed by atoms with van der Waals surface area (Å²) < 4.78 is 0. The summed E-state index contributed by atoms with van der Waals surface area (Å²) in [4.78, 5) is 2.68. The van der Waals surface area contributed by atoms with E-state index in [0.717, 1.165) is 11.8 Å². The lowest BCUT2D eigenvalue weighted by molar-refractivity contribution is 0.267. The molecule has 0 aromatic rings. The quantitative estimate of drug-likeness (QED) is 0.771. The van der Waals surface area contributed by atoms with Crippen LogP contribution in [-0.2, 0) is 0 Å².